The summed E-state index contributed by atoms with van der Waals surface area (Å²) in [6.45, 7) is 0. The van der Waals surface area contributed by atoms with Crippen LogP contribution in [-0.4, -0.2) is 32.6 Å². The summed E-state index contributed by atoms with van der Waals surface area (Å²) in [7, 11) is 0. The molecule has 0 saturated heterocycles. The van der Waals surface area contributed by atoms with Crippen LogP contribution in [0, 0.1) is 11.3 Å². The summed E-state index contributed by atoms with van der Waals surface area (Å²) in [5.41, 5.74) is 1.19. The highest BCUT2D eigenvalue weighted by Crippen LogP contribution is 2.18. The number of nitrogens with one attached hydrogen (secondary N) is 1. The minimum atomic E-state index is -1.14. The number of hydrogen-bond donors (Lipinski definition) is 3. The Morgan fingerprint density at radius 1 is 0.933 bits per heavy atom. The predicted molar refractivity (Wildman–Crippen MR) is 108 cm³/mol. The number of aromatic carboxylic acids is 2. The maximum Gasteiger partial charge on any atom is 0.335 e. The normalized spacial score (nSPS) is 10.8. The Balaban J connectivity index is 1.90. The summed E-state index contributed by atoms with van der Waals surface area (Å²) in [5.74, 6) is -2.91. The van der Waals surface area contributed by atoms with E-state index in [9.17, 15) is 24.8 Å². The summed E-state index contributed by atoms with van der Waals surface area (Å²) < 4.78 is 1.64. The van der Waals surface area contributed by atoms with Crippen LogP contribution in [0.1, 0.15) is 26.4 Å². The Kier molecular flexibility index (Phi) is 5.75. The third-order valence-corrected chi connectivity index (χ3v) is 4.18. The minimum absolute atomic E-state index is 0.00229. The van der Waals surface area contributed by atoms with Gasteiger partial charge in [-0.15, -0.1) is 0 Å². The third-order valence-electron chi connectivity index (χ3n) is 4.18. The molecule has 3 aromatic rings. The van der Waals surface area contributed by atoms with Gasteiger partial charge in [-0.2, -0.15) is 5.26 Å². The number of anilines is 1. The molecule has 0 saturated carbocycles. The molecule has 0 bridgehead atoms. The second kappa shape index (κ2) is 8.58. The zero-order valence-electron chi connectivity index (χ0n) is 15.4. The lowest BCUT2D eigenvalue weighted by molar-refractivity contribution is -0.112. The zero-order chi connectivity index (χ0) is 21.7. The number of carboxylic acid groups (broad SMARTS) is 2. The van der Waals surface area contributed by atoms with Crippen molar-refractivity contribution < 1.29 is 24.6 Å². The molecule has 0 aliphatic carbocycles. The minimum Gasteiger partial charge on any atom is -0.478 e. The van der Waals surface area contributed by atoms with E-state index < -0.39 is 17.8 Å². The van der Waals surface area contributed by atoms with Gasteiger partial charge < -0.3 is 20.1 Å². The third kappa shape index (κ3) is 4.43. The van der Waals surface area contributed by atoms with Crippen LogP contribution < -0.4 is 5.32 Å². The van der Waals surface area contributed by atoms with E-state index in [0.717, 1.165) is 0 Å². The molecule has 0 unspecified atom stereocenters. The second-order valence-electron chi connectivity index (χ2n) is 6.17. The molecule has 0 radical (unpaired) electrons. The van der Waals surface area contributed by atoms with E-state index in [1.807, 2.05) is 6.07 Å². The molecule has 0 aliphatic heterocycles. The summed E-state index contributed by atoms with van der Waals surface area (Å²) in [6.07, 6.45) is 3.04. The summed E-state index contributed by atoms with van der Waals surface area (Å²) in [4.78, 5) is 34.8. The van der Waals surface area contributed by atoms with E-state index in [-0.39, 0.29) is 22.4 Å². The van der Waals surface area contributed by atoms with Gasteiger partial charge in [-0.1, -0.05) is 12.1 Å². The number of benzene rings is 2. The molecule has 30 heavy (non-hydrogen) atoms. The van der Waals surface area contributed by atoms with Gasteiger partial charge in [0.2, 0.25) is 0 Å². The van der Waals surface area contributed by atoms with Crippen LogP contribution in [0.4, 0.5) is 5.69 Å². The van der Waals surface area contributed by atoms with E-state index in [1.165, 1.54) is 42.5 Å². The van der Waals surface area contributed by atoms with Crippen molar-refractivity contribution in [3.05, 3.63) is 89.3 Å². The number of rotatable bonds is 6. The van der Waals surface area contributed by atoms with E-state index in [2.05, 4.69) is 5.32 Å². The molecular weight excluding hydrogens is 386 g/mol. The van der Waals surface area contributed by atoms with Gasteiger partial charge in [0.1, 0.15) is 11.6 Å². The first kappa shape index (κ1) is 20.1. The van der Waals surface area contributed by atoms with Crippen molar-refractivity contribution in [2.24, 2.45) is 0 Å². The van der Waals surface area contributed by atoms with Crippen LogP contribution in [0.5, 0.6) is 0 Å². The van der Waals surface area contributed by atoms with E-state index in [0.29, 0.717) is 11.4 Å². The zero-order valence-corrected chi connectivity index (χ0v) is 15.4. The Hall–Kier alpha value is -4.64. The maximum atomic E-state index is 12.5. The van der Waals surface area contributed by atoms with E-state index in [4.69, 9.17) is 5.11 Å². The van der Waals surface area contributed by atoms with Crippen LogP contribution in [0.2, 0.25) is 0 Å². The van der Waals surface area contributed by atoms with Gasteiger partial charge in [0.05, 0.1) is 11.1 Å². The average Bonchev–Trinajstić information content (AvgIpc) is 3.20. The van der Waals surface area contributed by atoms with Gasteiger partial charge in [-0.05, 0) is 54.6 Å². The number of nitrogens with zero attached hydrogens (tertiary/aromatic N) is 2. The lowest BCUT2D eigenvalue weighted by Crippen LogP contribution is -2.14. The van der Waals surface area contributed by atoms with Gasteiger partial charge in [0.15, 0.2) is 0 Å². The van der Waals surface area contributed by atoms with Gasteiger partial charge in [0, 0.05) is 23.3 Å². The first-order chi connectivity index (χ1) is 14.4. The fourth-order valence-electron chi connectivity index (χ4n) is 2.76. The highest BCUT2D eigenvalue weighted by atomic mass is 16.4. The molecule has 0 atom stereocenters. The fourth-order valence-corrected chi connectivity index (χ4v) is 2.76. The van der Waals surface area contributed by atoms with Crippen LogP contribution in [0.15, 0.2) is 72.4 Å². The first-order valence-corrected chi connectivity index (χ1v) is 8.66. The molecule has 3 N–H and O–H groups in total. The Morgan fingerprint density at radius 2 is 1.60 bits per heavy atom. The maximum absolute atomic E-state index is 12.5. The van der Waals surface area contributed by atoms with Crippen molar-refractivity contribution in [1.29, 1.82) is 5.26 Å². The SMILES string of the molecule is N#C/C(=C/c1cccn1-c1cccc(C(=O)O)c1)C(=O)Nc1cccc(C(=O)O)c1. The average molecular weight is 401 g/mol. The predicted octanol–water partition coefficient (Wildman–Crippen LogP) is 3.42. The number of carboxylic acids is 2. The van der Waals surface area contributed by atoms with E-state index in [1.54, 1.807) is 35.0 Å². The van der Waals surface area contributed by atoms with Gasteiger partial charge in [-0.25, -0.2) is 9.59 Å². The van der Waals surface area contributed by atoms with E-state index >= 15 is 0 Å². The Labute approximate surface area is 170 Å². The van der Waals surface area contributed by atoms with Crippen molar-refractivity contribution in [3.8, 4) is 11.8 Å². The second-order valence-corrected chi connectivity index (χ2v) is 6.17. The molecule has 0 fully saturated rings. The van der Waals surface area contributed by atoms with Crippen LogP contribution in [-0.2, 0) is 4.79 Å². The first-order valence-electron chi connectivity index (χ1n) is 8.66. The van der Waals surface area contributed by atoms with Crippen molar-refractivity contribution >= 4 is 29.6 Å². The van der Waals surface area contributed by atoms with Crippen LogP contribution >= 0.6 is 0 Å². The largest absolute Gasteiger partial charge is 0.478 e. The van der Waals surface area contributed by atoms with Crippen molar-refractivity contribution in [2.75, 3.05) is 5.32 Å². The highest BCUT2D eigenvalue weighted by molar-refractivity contribution is 6.10. The molecule has 148 valence electrons. The topological polar surface area (TPSA) is 132 Å². The number of hydrogen-bond acceptors (Lipinski definition) is 4. The number of carbonyl (C=O) groups excluding carboxylic acids is 1. The van der Waals surface area contributed by atoms with Gasteiger partial charge >= 0.3 is 11.9 Å². The fraction of sp³-hybridized carbons (Fsp3) is 0. The summed E-state index contributed by atoms with van der Waals surface area (Å²) >= 11 is 0. The molecular formula is C22H15N3O5. The summed E-state index contributed by atoms with van der Waals surface area (Å²) in [6, 6.07) is 17.1. The van der Waals surface area contributed by atoms with Gasteiger partial charge in [-0.3, -0.25) is 4.79 Å². The van der Waals surface area contributed by atoms with Crippen molar-refractivity contribution in [2.45, 2.75) is 0 Å². The molecule has 0 spiro atoms. The Morgan fingerprint density at radius 3 is 2.27 bits per heavy atom. The molecule has 1 amide bonds. The lowest BCUT2D eigenvalue weighted by Gasteiger charge is -2.09. The standard InChI is InChI=1S/C22H15N3O5/c23-13-16(20(26)24-17-6-1-4-14(10-17)21(27)28)12-19-8-3-9-25(19)18-7-2-5-15(11-18)22(29)30/h1-12H,(H,24,26)(H,27,28)(H,29,30)/b16-12-. The van der Waals surface area contributed by atoms with Crippen LogP contribution in [0.25, 0.3) is 11.8 Å². The highest BCUT2D eigenvalue weighted by Gasteiger charge is 2.13. The number of carbonyl (C=O) groups is 3. The molecule has 2 aromatic carbocycles. The molecule has 1 heterocycles. The summed E-state index contributed by atoms with van der Waals surface area (Å²) in [5, 5.41) is 30.2. The monoisotopic (exact) mass is 401 g/mol. The molecule has 3 rings (SSSR count). The molecule has 0 aliphatic rings. The lowest BCUT2D eigenvalue weighted by atomic mass is 10.1. The van der Waals surface area contributed by atoms with Crippen molar-refractivity contribution in [1.82, 2.24) is 4.57 Å². The quantitative estimate of drug-likeness (QED) is 0.428. The number of aromatic nitrogens is 1. The Bertz CT molecular complexity index is 1220. The molecule has 8 nitrogen and oxygen atoms in total. The smallest absolute Gasteiger partial charge is 0.335 e. The molecule has 1 aromatic heterocycles. The number of nitriles is 1. The van der Waals surface area contributed by atoms with Crippen molar-refractivity contribution in [3.63, 3.8) is 0 Å². The van der Waals surface area contributed by atoms with Crippen LogP contribution in [0.3, 0.4) is 0 Å². The number of amides is 1. The van der Waals surface area contributed by atoms with Gasteiger partial charge in [0.25, 0.3) is 5.91 Å². The molecule has 8 heteroatoms.